The second kappa shape index (κ2) is 6.95. The fraction of sp³-hybridized carbons (Fsp3) is 0.625. The largest absolute Gasteiger partial charge is 0.337 e. The van der Waals surface area contributed by atoms with Gasteiger partial charge >= 0.3 is 5.69 Å². The van der Waals surface area contributed by atoms with Gasteiger partial charge in [-0.2, -0.15) is 0 Å². The molecule has 0 N–H and O–H groups in total. The maximum atomic E-state index is 12.9. The van der Waals surface area contributed by atoms with Crippen LogP contribution in [0.1, 0.15) is 19.8 Å². The van der Waals surface area contributed by atoms with Crippen LogP contribution in [0.15, 0.2) is 15.9 Å². The van der Waals surface area contributed by atoms with Gasteiger partial charge in [0.1, 0.15) is 6.54 Å². The van der Waals surface area contributed by atoms with Gasteiger partial charge in [-0.25, -0.2) is 22.8 Å². The molecule has 148 valence electrons. The molecule has 0 spiro atoms. The standard InChI is InChI=1S/C16H23N5O5S/c1-4-6-20(11-5-7-27(25,26)9-11)12(22)8-21-15(23)13-14(17-10-18(13)2)19(3)16(21)24/h10-11H,4-9H2,1-3H3/t11-/m0/s1. The fourth-order valence-electron chi connectivity index (χ4n) is 3.53. The van der Waals surface area contributed by atoms with E-state index in [0.29, 0.717) is 19.4 Å². The van der Waals surface area contributed by atoms with Crippen LogP contribution in [0.25, 0.3) is 11.2 Å². The van der Waals surface area contributed by atoms with E-state index in [1.165, 1.54) is 27.4 Å². The maximum Gasteiger partial charge on any atom is 0.332 e. The molecule has 2 aromatic heterocycles. The first-order valence-electron chi connectivity index (χ1n) is 8.77. The van der Waals surface area contributed by atoms with Crippen molar-refractivity contribution >= 4 is 26.9 Å². The summed E-state index contributed by atoms with van der Waals surface area (Å²) in [6.07, 6.45) is 2.46. The molecule has 1 atom stereocenters. The predicted octanol–water partition coefficient (Wildman–Crippen LogP) is -1.14. The molecule has 1 saturated heterocycles. The highest BCUT2D eigenvalue weighted by Crippen LogP contribution is 2.18. The van der Waals surface area contributed by atoms with Crippen LogP contribution in [-0.4, -0.2) is 62.0 Å². The highest BCUT2D eigenvalue weighted by molar-refractivity contribution is 7.91. The van der Waals surface area contributed by atoms with Gasteiger partial charge in [0.25, 0.3) is 5.56 Å². The zero-order valence-corrected chi connectivity index (χ0v) is 16.4. The molecule has 27 heavy (non-hydrogen) atoms. The fourth-order valence-corrected chi connectivity index (χ4v) is 5.27. The summed E-state index contributed by atoms with van der Waals surface area (Å²) < 4.78 is 27.2. The Morgan fingerprint density at radius 2 is 2.04 bits per heavy atom. The lowest BCUT2D eigenvalue weighted by Gasteiger charge is -2.28. The summed E-state index contributed by atoms with van der Waals surface area (Å²) in [5.41, 5.74) is -0.731. The van der Waals surface area contributed by atoms with Crippen LogP contribution in [0, 0.1) is 0 Å². The first kappa shape index (κ1) is 19.3. The second-order valence-electron chi connectivity index (χ2n) is 6.90. The van der Waals surface area contributed by atoms with E-state index in [2.05, 4.69) is 4.98 Å². The molecule has 1 aliphatic rings. The van der Waals surface area contributed by atoms with Crippen molar-refractivity contribution in [2.45, 2.75) is 32.4 Å². The van der Waals surface area contributed by atoms with E-state index < -0.39 is 39.6 Å². The summed E-state index contributed by atoms with van der Waals surface area (Å²) in [7, 11) is -0.0245. The number of nitrogens with zero attached hydrogens (tertiary/aromatic N) is 5. The van der Waals surface area contributed by atoms with E-state index >= 15 is 0 Å². The van der Waals surface area contributed by atoms with Crippen LogP contribution >= 0.6 is 0 Å². The van der Waals surface area contributed by atoms with Crippen LogP contribution in [0.2, 0.25) is 0 Å². The average molecular weight is 397 g/mol. The molecule has 3 heterocycles. The monoisotopic (exact) mass is 397 g/mol. The normalized spacial score (nSPS) is 18.9. The smallest absolute Gasteiger partial charge is 0.332 e. The lowest BCUT2D eigenvalue weighted by Crippen LogP contribution is -2.48. The van der Waals surface area contributed by atoms with Crippen LogP contribution in [0.5, 0.6) is 0 Å². The number of amides is 1. The van der Waals surface area contributed by atoms with E-state index in [0.717, 1.165) is 4.57 Å². The molecule has 10 nitrogen and oxygen atoms in total. The molecular weight excluding hydrogens is 374 g/mol. The van der Waals surface area contributed by atoms with Crippen LogP contribution in [0.3, 0.4) is 0 Å². The Morgan fingerprint density at radius 3 is 2.63 bits per heavy atom. The van der Waals surface area contributed by atoms with Gasteiger partial charge < -0.3 is 9.47 Å². The lowest BCUT2D eigenvalue weighted by molar-refractivity contribution is -0.133. The molecule has 1 fully saturated rings. The molecule has 1 aliphatic heterocycles. The minimum absolute atomic E-state index is 0.0495. The number of rotatable bonds is 5. The van der Waals surface area contributed by atoms with E-state index in [1.807, 2.05) is 6.92 Å². The third-order valence-corrected chi connectivity index (χ3v) is 6.68. The summed E-state index contributed by atoms with van der Waals surface area (Å²) in [5.74, 6) is -0.458. The number of hydrogen-bond donors (Lipinski definition) is 0. The summed E-state index contributed by atoms with van der Waals surface area (Å²) in [4.78, 5) is 43.7. The molecule has 1 amide bonds. The Balaban J connectivity index is 1.98. The SMILES string of the molecule is CCCN(C(=O)Cn1c(=O)c2c(ncn2C)n(C)c1=O)[C@H]1CCS(=O)(=O)C1. The topological polar surface area (TPSA) is 116 Å². The highest BCUT2D eigenvalue weighted by atomic mass is 32.2. The van der Waals surface area contributed by atoms with Crippen LogP contribution in [-0.2, 0) is 35.3 Å². The number of imidazole rings is 1. The summed E-state index contributed by atoms with van der Waals surface area (Å²) >= 11 is 0. The molecule has 2 aromatic rings. The summed E-state index contributed by atoms with van der Waals surface area (Å²) in [5, 5.41) is 0. The highest BCUT2D eigenvalue weighted by Gasteiger charge is 2.34. The number of hydrogen-bond acceptors (Lipinski definition) is 6. The van der Waals surface area contributed by atoms with Crippen molar-refractivity contribution in [3.63, 3.8) is 0 Å². The average Bonchev–Trinajstić information content (AvgIpc) is 3.16. The van der Waals surface area contributed by atoms with Gasteiger partial charge in [0.2, 0.25) is 5.91 Å². The Hall–Kier alpha value is -2.43. The van der Waals surface area contributed by atoms with Gasteiger partial charge in [-0.3, -0.25) is 14.2 Å². The number of aryl methyl sites for hydroxylation is 2. The summed E-state index contributed by atoms with van der Waals surface area (Å²) in [6.45, 7) is 1.84. The van der Waals surface area contributed by atoms with Crippen molar-refractivity contribution in [2.75, 3.05) is 18.1 Å². The first-order chi connectivity index (χ1) is 12.7. The van der Waals surface area contributed by atoms with Crippen molar-refractivity contribution in [3.8, 4) is 0 Å². The van der Waals surface area contributed by atoms with Gasteiger partial charge in [-0.05, 0) is 12.8 Å². The quantitative estimate of drug-likeness (QED) is 0.630. The summed E-state index contributed by atoms with van der Waals surface area (Å²) in [6, 6.07) is -0.414. The van der Waals surface area contributed by atoms with Crippen molar-refractivity contribution in [1.82, 2.24) is 23.6 Å². The molecule has 0 saturated carbocycles. The molecule has 0 aromatic carbocycles. The van der Waals surface area contributed by atoms with E-state index in [9.17, 15) is 22.8 Å². The molecule has 3 rings (SSSR count). The lowest BCUT2D eigenvalue weighted by atomic mass is 10.2. The Labute approximate surface area is 155 Å². The molecule has 0 bridgehead atoms. The first-order valence-corrected chi connectivity index (χ1v) is 10.6. The molecule has 11 heteroatoms. The van der Waals surface area contributed by atoms with Gasteiger partial charge in [-0.1, -0.05) is 6.92 Å². The zero-order chi connectivity index (χ0) is 19.9. The Kier molecular flexibility index (Phi) is 4.98. The number of carbonyl (C=O) groups is 1. The Morgan fingerprint density at radius 1 is 1.33 bits per heavy atom. The predicted molar refractivity (Wildman–Crippen MR) is 99.3 cm³/mol. The van der Waals surface area contributed by atoms with Gasteiger partial charge in [0.15, 0.2) is 21.0 Å². The third-order valence-electron chi connectivity index (χ3n) is 4.93. The Bertz CT molecular complexity index is 1110. The van der Waals surface area contributed by atoms with Gasteiger partial charge in [-0.15, -0.1) is 0 Å². The van der Waals surface area contributed by atoms with Crippen LogP contribution < -0.4 is 11.2 Å². The maximum absolute atomic E-state index is 12.9. The minimum Gasteiger partial charge on any atom is -0.337 e. The molecule has 0 radical (unpaired) electrons. The number of sulfone groups is 1. The van der Waals surface area contributed by atoms with E-state index in [1.54, 1.807) is 7.05 Å². The van der Waals surface area contributed by atoms with Crippen molar-refractivity contribution < 1.29 is 13.2 Å². The molecule has 0 aliphatic carbocycles. The zero-order valence-electron chi connectivity index (χ0n) is 15.6. The van der Waals surface area contributed by atoms with Gasteiger partial charge in [0.05, 0.1) is 17.8 Å². The number of carbonyl (C=O) groups excluding carboxylic acids is 1. The van der Waals surface area contributed by atoms with Crippen molar-refractivity contribution in [2.24, 2.45) is 14.1 Å². The number of fused-ring (bicyclic) bond motifs is 1. The number of aromatic nitrogens is 4. The molecule has 0 unspecified atom stereocenters. The second-order valence-corrected chi connectivity index (χ2v) is 9.13. The van der Waals surface area contributed by atoms with Crippen LogP contribution in [0.4, 0.5) is 0 Å². The van der Waals surface area contributed by atoms with Crippen molar-refractivity contribution in [1.29, 1.82) is 0 Å². The minimum atomic E-state index is -3.15. The third kappa shape index (κ3) is 3.43. The van der Waals surface area contributed by atoms with E-state index in [4.69, 9.17) is 0 Å². The molecular formula is C16H23N5O5S. The van der Waals surface area contributed by atoms with E-state index in [-0.39, 0.29) is 22.7 Å². The van der Waals surface area contributed by atoms with Gasteiger partial charge in [0, 0.05) is 26.7 Å². The van der Waals surface area contributed by atoms with Crippen molar-refractivity contribution in [3.05, 3.63) is 27.2 Å².